The van der Waals surface area contributed by atoms with Gasteiger partial charge in [0, 0.05) is 0 Å². The molecule has 2 rings (SSSR count). The van der Waals surface area contributed by atoms with Crippen LogP contribution in [0.3, 0.4) is 0 Å². The molecule has 2 heteroatoms. The van der Waals surface area contributed by atoms with Crippen LogP contribution >= 0.6 is 0 Å². The first-order valence-corrected chi connectivity index (χ1v) is 7.03. The first kappa shape index (κ1) is 14.3. The van der Waals surface area contributed by atoms with Crippen LogP contribution in [0.4, 0.5) is 0 Å². The number of hydrogen-bond acceptors (Lipinski definition) is 1. The summed E-state index contributed by atoms with van der Waals surface area (Å²) in [5, 5.41) is 9.22. The standard InChI is InChI=1S/C18H20O2/c1-4-13-8-9-15(10-14(13)5-2)16-7-6-12(3)17(11-16)18(19)20/h6-11H,4-5H2,1-3H3,(H,19,20). The Hall–Kier alpha value is -2.09. The molecule has 2 aromatic rings. The van der Waals surface area contributed by atoms with E-state index in [2.05, 4.69) is 32.0 Å². The summed E-state index contributed by atoms with van der Waals surface area (Å²) < 4.78 is 0. The highest BCUT2D eigenvalue weighted by atomic mass is 16.4. The first-order valence-electron chi connectivity index (χ1n) is 7.03. The van der Waals surface area contributed by atoms with E-state index in [1.807, 2.05) is 19.1 Å². The van der Waals surface area contributed by atoms with Gasteiger partial charge in [-0.15, -0.1) is 0 Å². The summed E-state index contributed by atoms with van der Waals surface area (Å²) in [5.41, 5.74) is 5.92. The molecule has 0 unspecified atom stereocenters. The fraction of sp³-hybridized carbons (Fsp3) is 0.278. The molecule has 0 amide bonds. The van der Waals surface area contributed by atoms with Gasteiger partial charge in [0.2, 0.25) is 0 Å². The zero-order valence-corrected chi connectivity index (χ0v) is 12.2. The maximum Gasteiger partial charge on any atom is 0.335 e. The molecule has 0 bridgehead atoms. The van der Waals surface area contributed by atoms with Crippen LogP contribution in [-0.4, -0.2) is 11.1 Å². The van der Waals surface area contributed by atoms with Gasteiger partial charge in [0.15, 0.2) is 0 Å². The summed E-state index contributed by atoms with van der Waals surface area (Å²) >= 11 is 0. The molecular weight excluding hydrogens is 248 g/mol. The van der Waals surface area contributed by atoms with Crippen LogP contribution in [-0.2, 0) is 12.8 Å². The van der Waals surface area contributed by atoms with Gasteiger partial charge in [-0.05, 0) is 53.6 Å². The van der Waals surface area contributed by atoms with Gasteiger partial charge in [-0.25, -0.2) is 4.79 Å². The van der Waals surface area contributed by atoms with E-state index < -0.39 is 5.97 Å². The smallest absolute Gasteiger partial charge is 0.335 e. The lowest BCUT2D eigenvalue weighted by atomic mass is 9.94. The Morgan fingerprint density at radius 3 is 2.15 bits per heavy atom. The molecule has 0 radical (unpaired) electrons. The number of rotatable bonds is 4. The van der Waals surface area contributed by atoms with Crippen LogP contribution in [0.25, 0.3) is 11.1 Å². The van der Waals surface area contributed by atoms with Crippen molar-refractivity contribution in [2.45, 2.75) is 33.6 Å². The summed E-state index contributed by atoms with van der Waals surface area (Å²) in [6.45, 7) is 6.13. The Kier molecular flexibility index (Phi) is 4.23. The normalized spacial score (nSPS) is 10.6. The molecule has 1 N–H and O–H groups in total. The van der Waals surface area contributed by atoms with Gasteiger partial charge in [0.1, 0.15) is 0 Å². The molecule has 2 nitrogen and oxygen atoms in total. The van der Waals surface area contributed by atoms with Crippen LogP contribution in [0, 0.1) is 6.92 Å². The van der Waals surface area contributed by atoms with E-state index in [4.69, 9.17) is 0 Å². The number of benzene rings is 2. The summed E-state index contributed by atoms with van der Waals surface area (Å²) in [5.74, 6) is -0.870. The third-order valence-corrected chi connectivity index (χ3v) is 3.77. The molecule has 20 heavy (non-hydrogen) atoms. The first-order chi connectivity index (χ1) is 9.56. The van der Waals surface area contributed by atoms with Crippen molar-refractivity contribution in [2.75, 3.05) is 0 Å². The lowest BCUT2D eigenvalue weighted by Gasteiger charge is -2.10. The van der Waals surface area contributed by atoms with Crippen LogP contribution in [0.5, 0.6) is 0 Å². The van der Waals surface area contributed by atoms with E-state index in [-0.39, 0.29) is 0 Å². The zero-order valence-electron chi connectivity index (χ0n) is 12.2. The highest BCUT2D eigenvalue weighted by Gasteiger charge is 2.09. The number of carboxylic acids is 1. The van der Waals surface area contributed by atoms with Gasteiger partial charge < -0.3 is 5.11 Å². The van der Waals surface area contributed by atoms with Gasteiger partial charge in [0.05, 0.1) is 5.56 Å². The summed E-state index contributed by atoms with van der Waals surface area (Å²) in [4.78, 5) is 11.2. The molecule has 2 aromatic carbocycles. The van der Waals surface area contributed by atoms with Crippen molar-refractivity contribution < 1.29 is 9.90 Å². The van der Waals surface area contributed by atoms with Crippen molar-refractivity contribution in [3.8, 4) is 11.1 Å². The zero-order chi connectivity index (χ0) is 14.7. The van der Waals surface area contributed by atoms with Crippen molar-refractivity contribution in [1.29, 1.82) is 0 Å². The molecule has 0 spiro atoms. The monoisotopic (exact) mass is 268 g/mol. The Labute approximate surface area is 120 Å². The maximum atomic E-state index is 11.2. The Morgan fingerprint density at radius 2 is 1.55 bits per heavy atom. The average molecular weight is 268 g/mol. The van der Waals surface area contributed by atoms with Crippen molar-refractivity contribution in [3.05, 3.63) is 58.7 Å². The number of aromatic carboxylic acids is 1. The topological polar surface area (TPSA) is 37.3 Å². The van der Waals surface area contributed by atoms with E-state index in [9.17, 15) is 9.90 Å². The molecule has 0 saturated heterocycles. The maximum absolute atomic E-state index is 11.2. The molecule has 0 fully saturated rings. The average Bonchev–Trinajstić information content (AvgIpc) is 2.46. The van der Waals surface area contributed by atoms with Crippen molar-refractivity contribution in [1.82, 2.24) is 0 Å². The fourth-order valence-electron chi connectivity index (χ4n) is 2.51. The third-order valence-electron chi connectivity index (χ3n) is 3.77. The lowest BCUT2D eigenvalue weighted by molar-refractivity contribution is 0.0696. The Morgan fingerprint density at radius 1 is 0.950 bits per heavy atom. The summed E-state index contributed by atoms with van der Waals surface area (Å²) in [7, 11) is 0. The largest absolute Gasteiger partial charge is 0.478 e. The molecular formula is C18H20O2. The summed E-state index contributed by atoms with van der Waals surface area (Å²) in [6, 6.07) is 12.0. The highest BCUT2D eigenvalue weighted by Crippen LogP contribution is 2.25. The minimum absolute atomic E-state index is 0.375. The van der Waals surface area contributed by atoms with E-state index in [1.54, 1.807) is 6.07 Å². The Bertz CT molecular complexity index is 642. The van der Waals surface area contributed by atoms with Crippen molar-refractivity contribution in [2.24, 2.45) is 0 Å². The predicted molar refractivity (Wildman–Crippen MR) is 82.3 cm³/mol. The number of hydrogen-bond donors (Lipinski definition) is 1. The van der Waals surface area contributed by atoms with E-state index in [1.165, 1.54) is 11.1 Å². The van der Waals surface area contributed by atoms with Crippen molar-refractivity contribution in [3.63, 3.8) is 0 Å². The molecule has 0 atom stereocenters. The number of aryl methyl sites for hydroxylation is 3. The van der Waals surface area contributed by atoms with Gasteiger partial charge in [0.25, 0.3) is 0 Å². The van der Waals surface area contributed by atoms with Crippen LogP contribution < -0.4 is 0 Å². The van der Waals surface area contributed by atoms with Crippen molar-refractivity contribution >= 4 is 5.97 Å². The van der Waals surface area contributed by atoms with E-state index in [0.29, 0.717) is 5.56 Å². The lowest BCUT2D eigenvalue weighted by Crippen LogP contribution is -2.00. The van der Waals surface area contributed by atoms with E-state index >= 15 is 0 Å². The van der Waals surface area contributed by atoms with E-state index in [0.717, 1.165) is 29.5 Å². The minimum Gasteiger partial charge on any atom is -0.478 e. The summed E-state index contributed by atoms with van der Waals surface area (Å²) in [6.07, 6.45) is 2.02. The van der Waals surface area contributed by atoms with Crippen LogP contribution in [0.15, 0.2) is 36.4 Å². The fourth-order valence-corrected chi connectivity index (χ4v) is 2.51. The van der Waals surface area contributed by atoms with Gasteiger partial charge in [-0.3, -0.25) is 0 Å². The van der Waals surface area contributed by atoms with Gasteiger partial charge in [-0.2, -0.15) is 0 Å². The SMILES string of the molecule is CCc1ccc(-c2ccc(C)c(C(=O)O)c2)cc1CC. The predicted octanol–water partition coefficient (Wildman–Crippen LogP) is 4.49. The van der Waals surface area contributed by atoms with Gasteiger partial charge in [-0.1, -0.05) is 44.2 Å². The van der Waals surface area contributed by atoms with Gasteiger partial charge >= 0.3 is 5.97 Å². The second kappa shape index (κ2) is 5.91. The molecule has 0 heterocycles. The van der Waals surface area contributed by atoms with Crippen LogP contribution in [0.1, 0.15) is 40.9 Å². The quantitative estimate of drug-likeness (QED) is 0.887. The number of carboxylic acid groups (broad SMARTS) is 1. The second-order valence-electron chi connectivity index (χ2n) is 5.03. The molecule has 0 aliphatic carbocycles. The second-order valence-corrected chi connectivity index (χ2v) is 5.03. The number of carbonyl (C=O) groups is 1. The molecule has 0 aliphatic heterocycles. The molecule has 0 aromatic heterocycles. The third kappa shape index (κ3) is 2.74. The Balaban J connectivity index is 2.51. The highest BCUT2D eigenvalue weighted by molar-refractivity contribution is 5.91. The molecule has 0 aliphatic rings. The van der Waals surface area contributed by atoms with Crippen LogP contribution in [0.2, 0.25) is 0 Å². The molecule has 104 valence electrons. The molecule has 0 saturated carbocycles. The minimum atomic E-state index is -0.870.